The topological polar surface area (TPSA) is 39.2 Å². The average Bonchev–Trinajstić information content (AvgIpc) is 2.99. The number of halogens is 4. The molecule has 0 aliphatic rings. The van der Waals surface area contributed by atoms with Crippen molar-refractivity contribution in [2.45, 2.75) is 33.4 Å². The third-order valence-corrected chi connectivity index (χ3v) is 4.84. The molecule has 0 N–H and O–H groups in total. The molecular formula is C20H18ClF3NO2SU-. The molecule has 0 amide bonds. The Hall–Kier alpha value is -1.07. The molecule has 0 radical (unpaired) electrons. The maximum absolute atomic E-state index is 12.6. The minimum atomic E-state index is -4.36. The van der Waals surface area contributed by atoms with Crippen LogP contribution in [0, 0.1) is 51.0 Å². The maximum atomic E-state index is 12.6. The van der Waals surface area contributed by atoms with Gasteiger partial charge in [0.1, 0.15) is 11.3 Å². The summed E-state index contributed by atoms with van der Waals surface area (Å²) in [5.41, 5.74) is 1.26. The number of Topliss-reactive ketones (excluding diaryl/α,β-unsaturated/α-hetero) is 1. The van der Waals surface area contributed by atoms with Crippen molar-refractivity contribution in [3.63, 3.8) is 0 Å². The summed E-state index contributed by atoms with van der Waals surface area (Å²) in [5, 5.41) is 1.32. The Labute approximate surface area is 200 Å². The second kappa shape index (κ2) is 10.8. The number of nitrogens with zero attached hydrogens (tertiary/aromatic N) is 1. The summed E-state index contributed by atoms with van der Waals surface area (Å²) in [4.78, 5) is 15.4. The Morgan fingerprint density at radius 1 is 1.24 bits per heavy atom. The zero-order valence-electron chi connectivity index (χ0n) is 16.2. The van der Waals surface area contributed by atoms with Crippen LogP contribution in [-0.2, 0) is 6.18 Å². The van der Waals surface area contributed by atoms with E-state index in [0.717, 1.165) is 17.7 Å². The number of thiazole rings is 1. The number of carbonyl (C=O) groups is 1. The van der Waals surface area contributed by atoms with Gasteiger partial charge in [-0.2, -0.15) is 13.2 Å². The minimum Gasteiger partial charge on any atom is -0.494 e. The van der Waals surface area contributed by atoms with E-state index in [4.69, 9.17) is 16.3 Å². The number of hydrogen-bond acceptors (Lipinski definition) is 4. The third-order valence-electron chi connectivity index (χ3n) is 3.70. The van der Waals surface area contributed by atoms with Gasteiger partial charge in [-0.05, 0) is 30.5 Å². The molecule has 0 spiro atoms. The smallest absolute Gasteiger partial charge is 0.416 e. The largest absolute Gasteiger partial charge is 0.494 e. The van der Waals surface area contributed by atoms with Crippen LogP contribution in [0.15, 0.2) is 24.3 Å². The van der Waals surface area contributed by atoms with Crippen molar-refractivity contribution in [1.29, 1.82) is 0 Å². The van der Waals surface area contributed by atoms with Crippen molar-refractivity contribution < 1.29 is 53.8 Å². The van der Waals surface area contributed by atoms with E-state index in [1.54, 1.807) is 19.1 Å². The van der Waals surface area contributed by atoms with Gasteiger partial charge < -0.3 is 9.53 Å². The van der Waals surface area contributed by atoms with Crippen LogP contribution in [0.25, 0.3) is 10.2 Å². The number of benzene rings is 2. The SMILES string of the molecule is CCC(=O)c1[c-]c(C)cc(Cl)c1.COc1cc(C(F)(F)F)cc2sc(C)nc12.[U]. The molecule has 0 unspecified atom stereocenters. The standard InChI is InChI=1S/C10H10ClO.C10H8F3NOS.U/c1-3-10(12)8-4-7(2)5-9(11)6-8;1-5-14-9-7(15-2)3-6(10(11,12)13)4-8(9)16-5;/h5-6H,3H2,1-2H3;3-4H,1-2H3;/q-1;;. The maximum Gasteiger partial charge on any atom is 0.416 e. The van der Waals surface area contributed by atoms with Gasteiger partial charge in [-0.15, -0.1) is 52.3 Å². The molecule has 3 aromatic rings. The Morgan fingerprint density at radius 2 is 1.90 bits per heavy atom. The minimum absolute atomic E-state index is 0. The van der Waals surface area contributed by atoms with E-state index in [2.05, 4.69) is 11.1 Å². The van der Waals surface area contributed by atoms with Crippen molar-refractivity contribution in [2.24, 2.45) is 0 Å². The fourth-order valence-corrected chi connectivity index (χ4v) is 3.60. The third kappa shape index (κ3) is 6.99. The second-order valence-electron chi connectivity index (χ2n) is 5.93. The van der Waals surface area contributed by atoms with E-state index in [1.807, 2.05) is 13.8 Å². The predicted octanol–water partition coefficient (Wildman–Crippen LogP) is 6.67. The molecule has 1 aromatic heterocycles. The fourth-order valence-electron chi connectivity index (χ4n) is 2.44. The van der Waals surface area contributed by atoms with Gasteiger partial charge in [0.15, 0.2) is 0 Å². The molecule has 3 rings (SSSR count). The molecule has 0 saturated heterocycles. The van der Waals surface area contributed by atoms with Crippen molar-refractivity contribution in [3.05, 3.63) is 57.1 Å². The number of fused-ring (bicyclic) bond motifs is 1. The van der Waals surface area contributed by atoms with E-state index in [1.165, 1.54) is 18.4 Å². The number of methoxy groups -OCH3 is 1. The number of alkyl halides is 3. The van der Waals surface area contributed by atoms with Crippen LogP contribution < -0.4 is 4.74 Å². The van der Waals surface area contributed by atoms with Crippen LogP contribution in [0.2, 0.25) is 5.02 Å². The zero-order chi connectivity index (χ0) is 21.1. The second-order valence-corrected chi connectivity index (χ2v) is 7.60. The molecule has 0 aliphatic heterocycles. The molecule has 0 aliphatic carbocycles. The Kier molecular flexibility index (Phi) is 9.68. The normalized spacial score (nSPS) is 10.8. The number of aryl methyl sites for hydroxylation is 2. The van der Waals surface area contributed by atoms with Gasteiger partial charge in [0.25, 0.3) is 0 Å². The van der Waals surface area contributed by atoms with Crippen LogP contribution in [0.1, 0.15) is 39.8 Å². The number of aromatic nitrogens is 1. The Bertz CT molecular complexity index is 985. The zero-order valence-corrected chi connectivity index (χ0v) is 21.9. The van der Waals surface area contributed by atoms with E-state index >= 15 is 0 Å². The van der Waals surface area contributed by atoms with Gasteiger partial charge in [0, 0.05) is 31.1 Å². The van der Waals surface area contributed by atoms with Gasteiger partial charge in [0.2, 0.25) is 0 Å². The van der Waals surface area contributed by atoms with Crippen LogP contribution in [0.4, 0.5) is 13.2 Å². The summed E-state index contributed by atoms with van der Waals surface area (Å²) in [6.07, 6.45) is -3.87. The van der Waals surface area contributed by atoms with Crippen LogP contribution >= 0.6 is 22.9 Å². The molecule has 0 atom stereocenters. The first-order chi connectivity index (χ1) is 13.0. The fraction of sp³-hybridized carbons (Fsp3) is 0.300. The summed E-state index contributed by atoms with van der Waals surface area (Å²) in [5.74, 6) is 0.245. The van der Waals surface area contributed by atoms with E-state index in [9.17, 15) is 18.0 Å². The van der Waals surface area contributed by atoms with Gasteiger partial charge in [0.05, 0.1) is 28.2 Å². The summed E-state index contributed by atoms with van der Waals surface area (Å²) in [6.45, 7) is 5.45. The molecule has 154 valence electrons. The van der Waals surface area contributed by atoms with Crippen molar-refractivity contribution in [2.75, 3.05) is 7.11 Å². The number of hydrogen-bond donors (Lipinski definition) is 0. The van der Waals surface area contributed by atoms with E-state index < -0.39 is 11.7 Å². The van der Waals surface area contributed by atoms with Gasteiger partial charge in [-0.25, -0.2) is 4.98 Å². The number of ketones is 1. The quantitative estimate of drug-likeness (QED) is 0.232. The first-order valence-electron chi connectivity index (χ1n) is 8.30. The molecule has 0 fully saturated rings. The molecule has 29 heavy (non-hydrogen) atoms. The van der Waals surface area contributed by atoms with Crippen molar-refractivity contribution in [3.8, 4) is 5.75 Å². The van der Waals surface area contributed by atoms with Gasteiger partial charge in [-0.3, -0.25) is 0 Å². The Balaban J connectivity index is 0.000000292. The van der Waals surface area contributed by atoms with Gasteiger partial charge in [-0.1, -0.05) is 13.8 Å². The number of ether oxygens (including phenoxy) is 1. The molecule has 9 heteroatoms. The molecular weight excluding hydrogens is 649 g/mol. The summed E-state index contributed by atoms with van der Waals surface area (Å²) in [7, 11) is 1.34. The molecule has 2 aromatic carbocycles. The Morgan fingerprint density at radius 3 is 2.41 bits per heavy atom. The number of carbonyl (C=O) groups excluding carboxylic acids is 1. The monoisotopic (exact) mass is 666 g/mol. The molecule has 0 bridgehead atoms. The predicted molar refractivity (Wildman–Crippen MR) is 106 cm³/mol. The van der Waals surface area contributed by atoms with Gasteiger partial charge >= 0.3 is 6.18 Å². The molecule has 0 saturated carbocycles. The van der Waals surface area contributed by atoms with Crippen LogP contribution in [0.5, 0.6) is 5.75 Å². The summed E-state index contributed by atoms with van der Waals surface area (Å²) < 4.78 is 43.1. The molecule has 1 heterocycles. The van der Waals surface area contributed by atoms with Crippen LogP contribution in [0.3, 0.4) is 0 Å². The van der Waals surface area contributed by atoms with E-state index in [0.29, 0.717) is 32.2 Å². The molecule has 3 nitrogen and oxygen atoms in total. The summed E-state index contributed by atoms with van der Waals surface area (Å²) >= 11 is 7.00. The van der Waals surface area contributed by atoms with E-state index in [-0.39, 0.29) is 42.6 Å². The van der Waals surface area contributed by atoms with Crippen molar-refractivity contribution in [1.82, 2.24) is 4.98 Å². The van der Waals surface area contributed by atoms with Crippen molar-refractivity contribution >= 4 is 38.9 Å². The first kappa shape index (κ1) is 26.0. The first-order valence-corrected chi connectivity index (χ1v) is 9.49. The number of rotatable bonds is 3. The summed E-state index contributed by atoms with van der Waals surface area (Å²) in [6, 6.07) is 8.48. The average molecular weight is 667 g/mol. The van der Waals surface area contributed by atoms with Crippen LogP contribution in [-0.4, -0.2) is 17.9 Å².